The van der Waals surface area contributed by atoms with E-state index in [-0.39, 0.29) is 31.7 Å². The molecule has 0 aromatic carbocycles. The molecule has 0 aromatic heterocycles. The van der Waals surface area contributed by atoms with Gasteiger partial charge < -0.3 is 28.8 Å². The molecule has 0 bridgehead atoms. The molecule has 0 spiro atoms. The zero-order valence-corrected chi connectivity index (χ0v) is 27.4. The van der Waals surface area contributed by atoms with Gasteiger partial charge in [0.05, 0.1) is 46.0 Å². The molecule has 0 aromatic rings. The third-order valence-electron chi connectivity index (χ3n) is 3.96. The van der Waals surface area contributed by atoms with Gasteiger partial charge in [-0.05, 0) is 50.2 Å². The van der Waals surface area contributed by atoms with E-state index in [2.05, 4.69) is 79.1 Å². The van der Waals surface area contributed by atoms with Crippen molar-refractivity contribution in [3.8, 4) is 6.07 Å². The van der Waals surface area contributed by atoms with Gasteiger partial charge in [0.1, 0.15) is 5.52 Å². The highest BCUT2D eigenvalue weighted by Crippen LogP contribution is 2.02. The minimum atomic E-state index is -0.986. The van der Waals surface area contributed by atoms with Crippen LogP contribution in [0.1, 0.15) is 81.1 Å². The summed E-state index contributed by atoms with van der Waals surface area (Å²) in [5.41, 5.74) is 0.294. The number of carboxylic acid groups (broad SMARTS) is 1. The van der Waals surface area contributed by atoms with Gasteiger partial charge in [-0.15, -0.1) is 0 Å². The molecule has 240 valence electrons. The molecule has 0 saturated heterocycles. The highest BCUT2D eigenvalue weighted by molar-refractivity contribution is 9.09. The fourth-order valence-corrected chi connectivity index (χ4v) is 2.59. The number of aliphatic carboxylic acids is 1. The van der Waals surface area contributed by atoms with Crippen LogP contribution in [0.2, 0.25) is 0 Å². The zero-order valence-electron chi connectivity index (χ0n) is 25.8. The maximum atomic E-state index is 10.8. The minimum absolute atomic E-state index is 0.0462. The fourth-order valence-electron chi connectivity index (χ4n) is 2.27. The largest absolute Gasteiger partial charge is 0.481 e. The molecule has 0 fully saturated rings. The molecule has 0 aliphatic carbocycles. The Morgan fingerprint density at radius 3 is 1.37 bits per heavy atom. The quantitative estimate of drug-likeness (QED) is 0.138. The molecular weight excluding hydrogens is 612 g/mol. The second-order valence-electron chi connectivity index (χ2n) is 7.80. The number of rotatable bonds is 12. The number of carboxylic acids is 1. The second kappa shape index (κ2) is 34.8. The Kier molecular flexibility index (Phi) is 40.3. The van der Waals surface area contributed by atoms with Crippen molar-refractivity contribution in [1.82, 2.24) is 4.90 Å². The highest BCUT2D eigenvalue weighted by Gasteiger charge is 2.09. The summed E-state index contributed by atoms with van der Waals surface area (Å²) in [6.45, 7) is 15.9. The Hall–Kier alpha value is -3.25. The van der Waals surface area contributed by atoms with Crippen molar-refractivity contribution in [2.75, 3.05) is 33.1 Å². The summed E-state index contributed by atoms with van der Waals surface area (Å²) in [6, 6.07) is 3.13. The summed E-state index contributed by atoms with van der Waals surface area (Å²) in [4.78, 5) is 63.9. The average Bonchev–Trinajstić information content (AvgIpc) is 2.87. The lowest BCUT2D eigenvalue weighted by Gasteiger charge is -2.28. The van der Waals surface area contributed by atoms with Crippen LogP contribution in [0.4, 0.5) is 0 Å². The topological polar surface area (TPSA) is 196 Å². The molecule has 0 amide bonds. The monoisotopic (exact) mass is 658 g/mol. The van der Waals surface area contributed by atoms with Crippen LogP contribution in [-0.2, 0) is 52.5 Å². The number of alkyl halides is 1. The van der Waals surface area contributed by atoms with Crippen molar-refractivity contribution in [3.63, 3.8) is 0 Å². The van der Waals surface area contributed by atoms with Crippen LogP contribution in [0, 0.1) is 11.3 Å². The number of hydrogen-bond donors (Lipinski definition) is 1. The van der Waals surface area contributed by atoms with Crippen molar-refractivity contribution < 1.29 is 57.6 Å². The van der Waals surface area contributed by atoms with Gasteiger partial charge in [-0.3, -0.25) is 33.7 Å². The van der Waals surface area contributed by atoms with E-state index in [1.54, 1.807) is 6.07 Å². The molecule has 0 heterocycles. The molecule has 1 N–H and O–H groups in total. The third kappa shape index (κ3) is 50.1. The van der Waals surface area contributed by atoms with Gasteiger partial charge in [-0.2, -0.15) is 5.26 Å². The highest BCUT2D eigenvalue weighted by atomic mass is 79.9. The Labute approximate surface area is 251 Å². The number of carbonyl (C=O) groups is 6. The maximum absolute atomic E-state index is 10.8. The van der Waals surface area contributed by atoms with Crippen molar-refractivity contribution in [3.05, 3.63) is 0 Å². The molecule has 0 unspecified atom stereocenters. The van der Waals surface area contributed by atoms with E-state index in [0.717, 1.165) is 6.54 Å². The number of hydrogen-bond acceptors (Lipinski definition) is 13. The van der Waals surface area contributed by atoms with Gasteiger partial charge in [0.25, 0.3) is 0 Å². The first kappa shape index (κ1) is 47.5. The number of halogens is 1. The summed E-state index contributed by atoms with van der Waals surface area (Å²) >= 11 is 2.91. The second-order valence-corrected chi connectivity index (χ2v) is 8.26. The van der Waals surface area contributed by atoms with Crippen LogP contribution >= 0.6 is 15.9 Å². The fraction of sp³-hybridized carbons (Fsp3) is 0.731. The summed E-state index contributed by atoms with van der Waals surface area (Å²) in [7, 11) is 2.46. The molecule has 0 aliphatic heterocycles. The number of ether oxygens (including phenoxy) is 5. The Bertz CT molecular complexity index is 760. The lowest BCUT2D eigenvalue weighted by molar-refractivity contribution is -0.166. The van der Waals surface area contributed by atoms with E-state index in [9.17, 15) is 28.8 Å². The molecule has 15 heteroatoms. The van der Waals surface area contributed by atoms with Gasteiger partial charge in [0, 0.05) is 32.9 Å². The first-order chi connectivity index (χ1) is 19.0. The van der Waals surface area contributed by atoms with Crippen LogP contribution in [0.5, 0.6) is 0 Å². The lowest BCUT2D eigenvalue weighted by Crippen LogP contribution is -2.36. The van der Waals surface area contributed by atoms with Crippen LogP contribution in [0.3, 0.4) is 0 Å². The summed E-state index contributed by atoms with van der Waals surface area (Å²) < 4.78 is 21.6. The number of esters is 5. The molecular formula is C26H47BrN2O12. The minimum Gasteiger partial charge on any atom is -0.481 e. The van der Waals surface area contributed by atoms with Crippen LogP contribution < -0.4 is 0 Å². The van der Waals surface area contributed by atoms with E-state index in [0.29, 0.717) is 17.6 Å². The van der Waals surface area contributed by atoms with Gasteiger partial charge >= 0.3 is 35.8 Å². The summed E-state index contributed by atoms with van der Waals surface area (Å²) in [6.07, 6.45) is -0.345. The summed E-state index contributed by atoms with van der Waals surface area (Å²) in [5, 5.41) is 15.4. The standard InChI is InChI=1S/C8H19N.C8H12O6.C5H8O4.C3H5BrO2.C2H3N/c1-6-9(7(2)3)8(4)5;1-6(9)13-5-14-8(11)4-3-7(10)12-2;1-9-5(8)3-2-4(6)7;1-3(5)6-2-4;1-2-3/h7-8H,6H2,1-5H3;3-5H2,1-2H3;2-3H2,1H3,(H,6,7);2H2,1H3;1H3. The predicted molar refractivity (Wildman–Crippen MR) is 152 cm³/mol. The molecule has 0 aliphatic rings. The smallest absolute Gasteiger partial charge is 0.309 e. The Balaban J connectivity index is -0.000000141. The van der Waals surface area contributed by atoms with Crippen molar-refractivity contribution in [2.24, 2.45) is 0 Å². The number of nitriles is 1. The van der Waals surface area contributed by atoms with Gasteiger partial charge in [-0.25, -0.2) is 0 Å². The number of methoxy groups -OCH3 is 2. The van der Waals surface area contributed by atoms with Crippen molar-refractivity contribution >= 4 is 51.7 Å². The van der Waals surface area contributed by atoms with Crippen LogP contribution in [-0.4, -0.2) is 91.0 Å². The van der Waals surface area contributed by atoms with E-state index >= 15 is 0 Å². The zero-order chi connectivity index (χ0) is 33.4. The predicted octanol–water partition coefficient (Wildman–Crippen LogP) is 3.58. The van der Waals surface area contributed by atoms with Crippen LogP contribution in [0.25, 0.3) is 0 Å². The van der Waals surface area contributed by atoms with Gasteiger partial charge in [0.15, 0.2) is 0 Å². The number of nitrogens with zero attached hydrogens (tertiary/aromatic N) is 2. The molecule has 0 saturated carbocycles. The van der Waals surface area contributed by atoms with Crippen LogP contribution in [0.15, 0.2) is 0 Å². The Morgan fingerprint density at radius 2 is 1.15 bits per heavy atom. The van der Waals surface area contributed by atoms with Crippen molar-refractivity contribution in [1.29, 1.82) is 5.26 Å². The number of carbonyl (C=O) groups excluding carboxylic acids is 5. The lowest BCUT2D eigenvalue weighted by atomic mass is 10.2. The van der Waals surface area contributed by atoms with E-state index in [4.69, 9.17) is 10.4 Å². The SMILES string of the molecule is CC#N.CC(=O)OCBr.CCN(C(C)C)C(C)C.COC(=O)CCC(=O)O.COC(=O)CCC(=O)OCOC(C)=O. The molecule has 0 radical (unpaired) electrons. The first-order valence-corrected chi connectivity index (χ1v) is 13.5. The molecule has 41 heavy (non-hydrogen) atoms. The first-order valence-electron chi connectivity index (χ1n) is 12.4. The Morgan fingerprint density at radius 1 is 0.780 bits per heavy atom. The molecule has 0 rings (SSSR count). The van der Waals surface area contributed by atoms with E-state index < -0.39 is 36.6 Å². The van der Waals surface area contributed by atoms with E-state index in [1.165, 1.54) is 35.0 Å². The van der Waals surface area contributed by atoms with Gasteiger partial charge in [-0.1, -0.05) is 6.92 Å². The van der Waals surface area contributed by atoms with E-state index in [1.807, 2.05) is 0 Å². The summed E-state index contributed by atoms with van der Waals surface area (Å²) in [5.74, 6) is -3.37. The van der Waals surface area contributed by atoms with Crippen molar-refractivity contribution in [2.45, 2.75) is 93.2 Å². The maximum Gasteiger partial charge on any atom is 0.309 e. The molecule has 14 nitrogen and oxygen atoms in total. The average molecular weight is 660 g/mol. The third-order valence-corrected chi connectivity index (χ3v) is 4.19. The normalized spacial score (nSPS) is 8.90. The molecule has 0 atom stereocenters. The van der Waals surface area contributed by atoms with Gasteiger partial charge in [0.2, 0.25) is 6.79 Å².